The first kappa shape index (κ1) is 9.51. The van der Waals surface area contributed by atoms with Gasteiger partial charge in [0.1, 0.15) is 0 Å². The van der Waals surface area contributed by atoms with Gasteiger partial charge >= 0.3 is 6.03 Å². The fraction of sp³-hybridized carbons (Fsp3) is 0.333. The topological polar surface area (TPSA) is 72.2 Å². The van der Waals surface area contributed by atoms with E-state index in [4.69, 9.17) is 5.73 Å². The molecule has 70 valence electrons. The molecule has 0 radical (unpaired) electrons. The van der Waals surface area contributed by atoms with Crippen LogP contribution in [0.4, 0.5) is 4.79 Å². The molecule has 1 aliphatic carbocycles. The van der Waals surface area contributed by atoms with Gasteiger partial charge in [-0.1, -0.05) is 24.3 Å². The molecule has 0 fully saturated rings. The Hall–Kier alpha value is -1.58. The fourth-order valence-electron chi connectivity index (χ4n) is 1.15. The Morgan fingerprint density at radius 3 is 2.62 bits per heavy atom. The van der Waals surface area contributed by atoms with Crippen LogP contribution in [0, 0.1) is 5.41 Å². The minimum absolute atomic E-state index is 0.361. The van der Waals surface area contributed by atoms with Gasteiger partial charge in [0.25, 0.3) is 0 Å². The van der Waals surface area contributed by atoms with Crippen molar-refractivity contribution in [3.8, 4) is 0 Å². The molecule has 0 heterocycles. The van der Waals surface area contributed by atoms with Crippen molar-refractivity contribution in [3.63, 3.8) is 0 Å². The molecule has 0 aromatic carbocycles. The van der Waals surface area contributed by atoms with E-state index in [0.717, 1.165) is 0 Å². The Labute approximate surface area is 76.5 Å². The van der Waals surface area contributed by atoms with E-state index < -0.39 is 11.4 Å². The molecule has 4 nitrogen and oxygen atoms in total. The van der Waals surface area contributed by atoms with Crippen molar-refractivity contribution in [1.29, 1.82) is 0 Å². The minimum atomic E-state index is -0.811. The highest BCUT2D eigenvalue weighted by molar-refractivity contribution is 5.97. The molecule has 13 heavy (non-hydrogen) atoms. The molecule has 1 unspecified atom stereocenters. The zero-order valence-corrected chi connectivity index (χ0v) is 7.41. The minimum Gasteiger partial charge on any atom is -0.351 e. The summed E-state index contributed by atoms with van der Waals surface area (Å²) < 4.78 is 0. The number of hydrogen-bond acceptors (Lipinski definition) is 2. The molecule has 0 spiro atoms. The molecule has 1 aliphatic rings. The summed E-state index contributed by atoms with van der Waals surface area (Å²) in [5.74, 6) is -0.361. The molecule has 1 rings (SSSR count). The normalized spacial score (nSPS) is 25.6. The number of nitrogens with one attached hydrogen (secondary N) is 1. The molecule has 3 amide bonds. The molecular formula is C9H12N2O2. The molecular weight excluding hydrogens is 168 g/mol. The maximum atomic E-state index is 11.4. The van der Waals surface area contributed by atoms with E-state index in [9.17, 15) is 9.59 Å². The first-order chi connectivity index (χ1) is 6.04. The lowest BCUT2D eigenvalue weighted by Crippen LogP contribution is -2.43. The first-order valence-corrected chi connectivity index (χ1v) is 4.00. The highest BCUT2D eigenvalue weighted by Crippen LogP contribution is 2.26. The van der Waals surface area contributed by atoms with Gasteiger partial charge in [-0.3, -0.25) is 10.1 Å². The van der Waals surface area contributed by atoms with Crippen molar-refractivity contribution < 1.29 is 9.59 Å². The van der Waals surface area contributed by atoms with Crippen LogP contribution in [0.3, 0.4) is 0 Å². The van der Waals surface area contributed by atoms with Crippen LogP contribution in [0.15, 0.2) is 24.3 Å². The highest BCUT2D eigenvalue weighted by Gasteiger charge is 2.30. The molecule has 0 aromatic heterocycles. The van der Waals surface area contributed by atoms with Crippen LogP contribution >= 0.6 is 0 Å². The van der Waals surface area contributed by atoms with Crippen molar-refractivity contribution in [2.24, 2.45) is 11.1 Å². The second-order valence-electron chi connectivity index (χ2n) is 3.23. The number of carbonyl (C=O) groups is 2. The number of hydrogen-bond donors (Lipinski definition) is 2. The monoisotopic (exact) mass is 180 g/mol. The zero-order valence-electron chi connectivity index (χ0n) is 7.41. The van der Waals surface area contributed by atoms with Gasteiger partial charge in [-0.15, -0.1) is 0 Å². The fourth-order valence-corrected chi connectivity index (χ4v) is 1.15. The molecule has 3 N–H and O–H groups in total. The van der Waals surface area contributed by atoms with Gasteiger partial charge in [-0.25, -0.2) is 4.79 Å². The van der Waals surface area contributed by atoms with Crippen LogP contribution < -0.4 is 11.1 Å². The number of carbonyl (C=O) groups excluding carboxylic acids is 2. The number of nitrogens with two attached hydrogens (primary N) is 1. The van der Waals surface area contributed by atoms with Crippen LogP contribution in [0.5, 0.6) is 0 Å². The molecule has 0 aromatic rings. The molecule has 4 heteroatoms. The summed E-state index contributed by atoms with van der Waals surface area (Å²) in [7, 11) is 0. The summed E-state index contributed by atoms with van der Waals surface area (Å²) in [6.07, 6.45) is 7.86. The van der Waals surface area contributed by atoms with Crippen LogP contribution in [0.1, 0.15) is 13.3 Å². The summed E-state index contributed by atoms with van der Waals surface area (Å²) in [6, 6.07) is -0.811. The highest BCUT2D eigenvalue weighted by atomic mass is 16.2. The van der Waals surface area contributed by atoms with E-state index in [0.29, 0.717) is 6.42 Å². The third-order valence-corrected chi connectivity index (χ3v) is 2.01. The van der Waals surface area contributed by atoms with Gasteiger partial charge in [0.05, 0.1) is 5.41 Å². The van der Waals surface area contributed by atoms with Crippen LogP contribution in [0.25, 0.3) is 0 Å². The lowest BCUT2D eigenvalue weighted by atomic mass is 9.83. The van der Waals surface area contributed by atoms with Gasteiger partial charge in [-0.2, -0.15) is 0 Å². The lowest BCUT2D eigenvalue weighted by molar-refractivity contribution is -0.126. The Bertz CT molecular complexity index is 294. The van der Waals surface area contributed by atoms with Crippen LogP contribution in [0.2, 0.25) is 0 Å². The van der Waals surface area contributed by atoms with Crippen LogP contribution in [-0.2, 0) is 4.79 Å². The van der Waals surface area contributed by atoms with Gasteiger partial charge in [0, 0.05) is 0 Å². The Kier molecular flexibility index (Phi) is 2.51. The van der Waals surface area contributed by atoms with E-state index in [1.54, 1.807) is 19.1 Å². The second kappa shape index (κ2) is 3.43. The Morgan fingerprint density at radius 2 is 2.15 bits per heavy atom. The molecule has 1 atom stereocenters. The quantitative estimate of drug-likeness (QED) is 0.623. The standard InChI is InChI=1S/C9H12N2O2/c1-9(5-3-2-4-6-9)7(12)11-8(10)13/h2-5H,6H2,1H3,(H3,10,11,12,13). The molecule has 0 saturated heterocycles. The van der Waals surface area contributed by atoms with Crippen molar-refractivity contribution >= 4 is 11.9 Å². The Balaban J connectivity index is 2.70. The van der Waals surface area contributed by atoms with E-state index in [2.05, 4.69) is 5.32 Å². The third kappa shape index (κ3) is 2.18. The van der Waals surface area contributed by atoms with Gasteiger partial charge in [-0.05, 0) is 13.3 Å². The van der Waals surface area contributed by atoms with Crippen molar-refractivity contribution in [3.05, 3.63) is 24.3 Å². The van der Waals surface area contributed by atoms with E-state index in [1.807, 2.05) is 12.2 Å². The SMILES string of the molecule is CC1(C(=O)NC(N)=O)C=CC=CC1. The Morgan fingerprint density at radius 1 is 1.46 bits per heavy atom. The lowest BCUT2D eigenvalue weighted by Gasteiger charge is -2.23. The summed E-state index contributed by atoms with van der Waals surface area (Å²) in [4.78, 5) is 21.9. The predicted octanol–water partition coefficient (Wildman–Crippen LogP) is 0.704. The first-order valence-electron chi connectivity index (χ1n) is 4.00. The summed E-state index contributed by atoms with van der Waals surface area (Å²) >= 11 is 0. The third-order valence-electron chi connectivity index (χ3n) is 2.01. The predicted molar refractivity (Wildman–Crippen MR) is 48.7 cm³/mol. The van der Waals surface area contributed by atoms with Gasteiger partial charge < -0.3 is 5.73 Å². The number of rotatable bonds is 1. The number of urea groups is 1. The largest absolute Gasteiger partial charge is 0.351 e. The zero-order chi connectivity index (χ0) is 9.90. The number of allylic oxidation sites excluding steroid dienone is 3. The van der Waals surface area contributed by atoms with Crippen LogP contribution in [-0.4, -0.2) is 11.9 Å². The van der Waals surface area contributed by atoms with E-state index in [-0.39, 0.29) is 5.91 Å². The number of amides is 3. The van der Waals surface area contributed by atoms with E-state index >= 15 is 0 Å². The summed E-state index contributed by atoms with van der Waals surface area (Å²) in [6.45, 7) is 1.76. The second-order valence-corrected chi connectivity index (χ2v) is 3.23. The molecule has 0 saturated carbocycles. The maximum absolute atomic E-state index is 11.4. The number of imide groups is 1. The van der Waals surface area contributed by atoms with E-state index in [1.165, 1.54) is 0 Å². The average molecular weight is 180 g/mol. The molecule has 0 bridgehead atoms. The van der Waals surface area contributed by atoms with Crippen molar-refractivity contribution in [1.82, 2.24) is 5.32 Å². The molecule has 0 aliphatic heterocycles. The summed E-state index contributed by atoms with van der Waals surface area (Å²) in [5, 5.41) is 2.07. The maximum Gasteiger partial charge on any atom is 0.318 e. The van der Waals surface area contributed by atoms with Crippen molar-refractivity contribution in [2.75, 3.05) is 0 Å². The smallest absolute Gasteiger partial charge is 0.318 e. The summed E-state index contributed by atoms with van der Waals surface area (Å²) in [5.41, 5.74) is 4.20. The van der Waals surface area contributed by atoms with Crippen molar-refractivity contribution in [2.45, 2.75) is 13.3 Å². The van der Waals surface area contributed by atoms with Gasteiger partial charge in [0.2, 0.25) is 5.91 Å². The average Bonchev–Trinajstić information content (AvgIpc) is 2.04. The van der Waals surface area contributed by atoms with Gasteiger partial charge in [0.15, 0.2) is 0 Å². The number of primary amides is 1.